The lowest BCUT2D eigenvalue weighted by Gasteiger charge is -2.30. The molecule has 0 unspecified atom stereocenters. The summed E-state index contributed by atoms with van der Waals surface area (Å²) in [5.74, 6) is -5.00. The van der Waals surface area contributed by atoms with E-state index in [1.165, 1.54) is 18.2 Å². The van der Waals surface area contributed by atoms with Gasteiger partial charge in [-0.2, -0.15) is 0 Å². The second kappa shape index (κ2) is 14.5. The molecular weight excluding hydrogens is 793 g/mol. The van der Waals surface area contributed by atoms with E-state index < -0.39 is 63.1 Å². The normalized spacial score (nSPS) is 15.6. The zero-order valence-electron chi connectivity index (χ0n) is 35.1. The van der Waals surface area contributed by atoms with Gasteiger partial charge in [-0.15, -0.1) is 0 Å². The van der Waals surface area contributed by atoms with Crippen molar-refractivity contribution in [3.63, 3.8) is 0 Å². The van der Waals surface area contributed by atoms with E-state index in [4.69, 9.17) is 8.83 Å². The smallest absolute Gasteiger partial charge is 0.347 e. The number of aromatic hydroxyl groups is 5. The molecular formula is C50H42O12. The minimum atomic E-state index is -1.08. The lowest BCUT2D eigenvalue weighted by atomic mass is 9.73. The largest absolute Gasteiger partial charge is 0.508 e. The van der Waals surface area contributed by atoms with Crippen LogP contribution >= 0.6 is 0 Å². The Labute approximate surface area is 354 Å². The highest BCUT2D eigenvalue weighted by atomic mass is 16.4. The molecule has 8 rings (SSSR count). The van der Waals surface area contributed by atoms with Crippen molar-refractivity contribution < 1.29 is 49.1 Å². The molecule has 6 N–H and O–H groups in total. The Balaban J connectivity index is 1.44. The zero-order chi connectivity index (χ0) is 45.0. The Morgan fingerprint density at radius 2 is 0.968 bits per heavy atom. The summed E-state index contributed by atoms with van der Waals surface area (Å²) in [6, 6.07) is 12.1. The number of carbonyl (C=O) groups excluding carboxylic acids is 2. The highest BCUT2D eigenvalue weighted by Gasteiger charge is 2.38. The van der Waals surface area contributed by atoms with E-state index >= 15 is 0 Å². The van der Waals surface area contributed by atoms with Gasteiger partial charge in [0, 0.05) is 50.6 Å². The summed E-state index contributed by atoms with van der Waals surface area (Å²) >= 11 is 0. The first kappa shape index (κ1) is 41.1. The van der Waals surface area contributed by atoms with Crippen molar-refractivity contribution in [2.45, 2.75) is 55.4 Å². The quantitative estimate of drug-likeness (QED) is 0.0707. The van der Waals surface area contributed by atoms with Crippen LogP contribution in [0.3, 0.4) is 0 Å². The molecule has 2 aromatic heterocycles. The maximum absolute atomic E-state index is 14.4. The van der Waals surface area contributed by atoms with Crippen LogP contribution in [-0.2, 0) is 9.59 Å². The summed E-state index contributed by atoms with van der Waals surface area (Å²) in [4.78, 5) is 55.5. The fraction of sp³-hybridized carbons (Fsp3) is 0.200. The molecule has 2 aliphatic rings. The second-order valence-corrected chi connectivity index (χ2v) is 16.5. The van der Waals surface area contributed by atoms with E-state index in [1.807, 2.05) is 13.8 Å². The summed E-state index contributed by atoms with van der Waals surface area (Å²) in [6.07, 6.45) is 2.22. The van der Waals surface area contributed by atoms with Crippen LogP contribution in [-0.4, -0.2) is 42.2 Å². The molecule has 314 valence electrons. The summed E-state index contributed by atoms with van der Waals surface area (Å²) in [5.41, 5.74) is 0.319. The molecule has 6 aromatic rings. The fourth-order valence-corrected chi connectivity index (χ4v) is 8.97. The molecule has 2 heterocycles. The number of ketones is 2. The molecule has 0 spiro atoms. The molecule has 4 aromatic carbocycles. The molecule has 0 saturated heterocycles. The lowest BCUT2D eigenvalue weighted by molar-refractivity contribution is -0.113. The van der Waals surface area contributed by atoms with E-state index in [0.717, 1.165) is 17.7 Å². The van der Waals surface area contributed by atoms with Gasteiger partial charge in [-0.05, 0) is 109 Å². The van der Waals surface area contributed by atoms with Gasteiger partial charge in [0.25, 0.3) is 0 Å². The molecule has 0 fully saturated rings. The predicted octanol–water partition coefficient (Wildman–Crippen LogP) is 9.62. The molecule has 12 nitrogen and oxygen atoms in total. The number of aliphatic hydroxyl groups is 1. The minimum absolute atomic E-state index is 0.0289. The Bertz CT molecular complexity index is 3090. The van der Waals surface area contributed by atoms with Crippen LogP contribution in [0.5, 0.6) is 28.7 Å². The standard InChI is InChI=1S/C50H42O12/c1-19(2)36-24(8)42(52)30(17-32-43(53)26-11-9-21(5)13-34(26)61-49(32)59)40-28(36)14-22(6)38(46(40)56)39-23(7)15-29-37(20(3)4)48(58)45(55)31(41(29)47(39)57)18-33-44(54)27-12-10-25(51)16-35(27)62-50(33)60/h9-20,51,53-54,56-58H,1-8H3/b30-17-,31-18-. The molecule has 0 amide bonds. The third-order valence-electron chi connectivity index (χ3n) is 11.8. The second-order valence-electron chi connectivity index (χ2n) is 16.5. The molecule has 0 radical (unpaired) electrons. The van der Waals surface area contributed by atoms with Crippen LogP contribution in [0.4, 0.5) is 0 Å². The Hall–Kier alpha value is -7.60. The number of phenols is 3. The summed E-state index contributed by atoms with van der Waals surface area (Å²) in [5, 5.41) is 69.5. The number of fused-ring (bicyclic) bond motifs is 4. The number of phenolic OH excluding ortho intramolecular Hbond substituents is 3. The summed E-state index contributed by atoms with van der Waals surface area (Å²) in [6.45, 7) is 14.1. The molecule has 0 saturated carbocycles. The van der Waals surface area contributed by atoms with Crippen LogP contribution in [0.2, 0.25) is 0 Å². The molecule has 62 heavy (non-hydrogen) atoms. The maximum atomic E-state index is 14.4. The Kier molecular flexibility index (Phi) is 9.65. The molecule has 0 aliphatic heterocycles. The van der Waals surface area contributed by atoms with Crippen LogP contribution < -0.4 is 11.3 Å². The monoisotopic (exact) mass is 834 g/mol. The average molecular weight is 835 g/mol. The highest BCUT2D eigenvalue weighted by Crippen LogP contribution is 2.54. The number of hydrogen-bond donors (Lipinski definition) is 6. The topological polar surface area (TPSA) is 216 Å². The number of Topliss-reactive ketones (excluding diaryl/α,β-unsaturated/α-hetero) is 2. The number of allylic oxidation sites excluding steroid dienone is 5. The Morgan fingerprint density at radius 1 is 0.516 bits per heavy atom. The van der Waals surface area contributed by atoms with Gasteiger partial charge in [-0.25, -0.2) is 9.59 Å². The van der Waals surface area contributed by atoms with Crippen molar-refractivity contribution in [2.24, 2.45) is 11.8 Å². The molecule has 12 heteroatoms. The average Bonchev–Trinajstić information content (AvgIpc) is 3.18. The third-order valence-corrected chi connectivity index (χ3v) is 11.8. The van der Waals surface area contributed by atoms with Crippen molar-refractivity contribution >= 4 is 67.9 Å². The van der Waals surface area contributed by atoms with E-state index in [0.29, 0.717) is 27.8 Å². The van der Waals surface area contributed by atoms with Gasteiger partial charge in [0.1, 0.15) is 51.0 Å². The number of aliphatic hydroxyl groups excluding tert-OH is 1. The van der Waals surface area contributed by atoms with Gasteiger partial charge >= 0.3 is 11.3 Å². The van der Waals surface area contributed by atoms with Crippen molar-refractivity contribution in [2.75, 3.05) is 0 Å². The number of rotatable bonds is 5. The first-order valence-corrected chi connectivity index (χ1v) is 19.9. The van der Waals surface area contributed by atoms with E-state index in [9.17, 15) is 49.8 Å². The van der Waals surface area contributed by atoms with Gasteiger partial charge < -0.3 is 39.5 Å². The third kappa shape index (κ3) is 6.12. The predicted molar refractivity (Wildman–Crippen MR) is 237 cm³/mol. The maximum Gasteiger partial charge on any atom is 0.347 e. The summed E-state index contributed by atoms with van der Waals surface area (Å²) in [7, 11) is 0. The number of carbonyl (C=O) groups is 2. The van der Waals surface area contributed by atoms with Gasteiger partial charge in [0.05, 0.1) is 10.8 Å². The van der Waals surface area contributed by atoms with Crippen molar-refractivity contribution in [1.29, 1.82) is 0 Å². The Morgan fingerprint density at radius 3 is 1.47 bits per heavy atom. The van der Waals surface area contributed by atoms with Crippen LogP contribution in [0.25, 0.3) is 67.5 Å². The van der Waals surface area contributed by atoms with E-state index in [1.54, 1.807) is 71.9 Å². The number of benzene rings is 4. The van der Waals surface area contributed by atoms with Crippen LogP contribution in [0.15, 0.2) is 78.3 Å². The van der Waals surface area contributed by atoms with Gasteiger partial charge in [-0.1, -0.05) is 45.9 Å². The first-order valence-electron chi connectivity index (χ1n) is 19.9. The SMILES string of the molecule is CC1=C(C(C)C)c2cc(C)c(-c3c(C)cc4c(c3O)/C(=C/c3c(O)c5ccc(O)cc5oc3=O)C(=O)C(O)=C4C(C)C)c(O)c2/C(=C/c2c(O)c3ccc(C)cc3oc2=O)C1=O. The lowest BCUT2D eigenvalue weighted by Crippen LogP contribution is -2.19. The molecule has 0 atom stereocenters. The van der Waals surface area contributed by atoms with Crippen LogP contribution in [0, 0.1) is 32.6 Å². The summed E-state index contributed by atoms with van der Waals surface area (Å²) < 4.78 is 11.0. The van der Waals surface area contributed by atoms with Crippen molar-refractivity contribution in [3.8, 4) is 39.9 Å². The molecule has 0 bridgehead atoms. The van der Waals surface area contributed by atoms with Crippen molar-refractivity contribution in [1.82, 2.24) is 0 Å². The van der Waals surface area contributed by atoms with Gasteiger partial charge in [0.15, 0.2) is 11.5 Å². The van der Waals surface area contributed by atoms with Crippen LogP contribution in [0.1, 0.15) is 84.7 Å². The molecule has 2 aliphatic carbocycles. The van der Waals surface area contributed by atoms with E-state index in [2.05, 4.69) is 0 Å². The fourth-order valence-electron chi connectivity index (χ4n) is 8.97. The minimum Gasteiger partial charge on any atom is -0.508 e. The van der Waals surface area contributed by atoms with Crippen molar-refractivity contribution in [3.05, 3.63) is 131 Å². The zero-order valence-corrected chi connectivity index (χ0v) is 35.1. The number of hydrogen-bond acceptors (Lipinski definition) is 12. The first-order chi connectivity index (χ1) is 29.2. The number of aryl methyl sites for hydroxylation is 3. The van der Waals surface area contributed by atoms with Gasteiger partial charge in [0.2, 0.25) is 5.78 Å². The highest BCUT2D eigenvalue weighted by molar-refractivity contribution is 6.38. The van der Waals surface area contributed by atoms with Gasteiger partial charge in [-0.3, -0.25) is 9.59 Å². The van der Waals surface area contributed by atoms with E-state index in [-0.39, 0.29) is 83.7 Å².